The van der Waals surface area contributed by atoms with Crippen molar-refractivity contribution in [3.63, 3.8) is 0 Å². The van der Waals surface area contributed by atoms with Crippen molar-refractivity contribution in [2.45, 2.75) is 25.9 Å². The van der Waals surface area contributed by atoms with Crippen LogP contribution in [0.2, 0.25) is 5.02 Å². The minimum absolute atomic E-state index is 0.149. The number of nitrogens with one attached hydrogen (secondary N) is 1. The molecule has 1 aromatic heterocycles. The molecule has 0 bridgehead atoms. The Labute approximate surface area is 139 Å². The highest BCUT2D eigenvalue weighted by atomic mass is 35.5. The van der Waals surface area contributed by atoms with E-state index in [9.17, 15) is 9.59 Å². The van der Waals surface area contributed by atoms with Crippen LogP contribution in [0.3, 0.4) is 0 Å². The first kappa shape index (κ1) is 15.6. The standard InChI is InChI=1S/C17H16ClN3O2/c1-11-13(18)3-2-4-15(11)21-16(22)9-14(17(21)23)20-10-12-5-7-19-8-6-12/h2-8,14,20H,9-10H2,1H3/t14-/m0/s1. The van der Waals surface area contributed by atoms with Gasteiger partial charge >= 0.3 is 0 Å². The van der Waals surface area contributed by atoms with Gasteiger partial charge in [-0.15, -0.1) is 0 Å². The lowest BCUT2D eigenvalue weighted by atomic mass is 10.2. The molecule has 2 aromatic rings. The molecule has 118 valence electrons. The molecule has 0 radical (unpaired) electrons. The van der Waals surface area contributed by atoms with Gasteiger partial charge in [0.1, 0.15) is 0 Å². The smallest absolute Gasteiger partial charge is 0.251 e. The molecular weight excluding hydrogens is 314 g/mol. The van der Waals surface area contributed by atoms with E-state index in [4.69, 9.17) is 11.6 Å². The minimum Gasteiger partial charge on any atom is -0.301 e. The number of amides is 2. The normalized spacial score (nSPS) is 17.8. The predicted octanol–water partition coefficient (Wildman–Crippen LogP) is 2.47. The number of nitrogens with zero attached hydrogens (tertiary/aromatic N) is 2. The van der Waals surface area contributed by atoms with Crippen molar-refractivity contribution in [3.8, 4) is 0 Å². The van der Waals surface area contributed by atoms with Gasteiger partial charge in [-0.1, -0.05) is 17.7 Å². The summed E-state index contributed by atoms with van der Waals surface area (Å²) >= 11 is 6.09. The molecule has 2 heterocycles. The Morgan fingerprint density at radius 1 is 1.26 bits per heavy atom. The summed E-state index contributed by atoms with van der Waals surface area (Å²) in [6.45, 7) is 2.31. The fourth-order valence-corrected chi connectivity index (χ4v) is 2.79. The largest absolute Gasteiger partial charge is 0.301 e. The number of pyridine rings is 1. The second kappa shape index (κ2) is 6.48. The number of carbonyl (C=O) groups excluding carboxylic acids is 2. The molecular formula is C17H16ClN3O2. The van der Waals surface area contributed by atoms with Gasteiger partial charge in [-0.25, -0.2) is 4.90 Å². The first-order chi connectivity index (χ1) is 11.1. The van der Waals surface area contributed by atoms with E-state index < -0.39 is 6.04 Å². The first-order valence-electron chi connectivity index (χ1n) is 7.32. The van der Waals surface area contributed by atoms with Crippen LogP contribution in [-0.4, -0.2) is 22.8 Å². The summed E-state index contributed by atoms with van der Waals surface area (Å²) < 4.78 is 0. The maximum absolute atomic E-state index is 12.6. The third-order valence-corrected chi connectivity index (χ3v) is 4.34. The topological polar surface area (TPSA) is 62.3 Å². The molecule has 2 amide bonds. The van der Waals surface area contributed by atoms with Gasteiger partial charge in [0.2, 0.25) is 5.91 Å². The highest BCUT2D eigenvalue weighted by molar-refractivity contribution is 6.32. The van der Waals surface area contributed by atoms with E-state index in [-0.39, 0.29) is 18.2 Å². The van der Waals surface area contributed by atoms with Crippen LogP contribution in [0.5, 0.6) is 0 Å². The molecule has 1 aliphatic rings. The molecule has 1 atom stereocenters. The van der Waals surface area contributed by atoms with Crippen LogP contribution < -0.4 is 10.2 Å². The van der Waals surface area contributed by atoms with Crippen LogP contribution in [0.25, 0.3) is 0 Å². The highest BCUT2D eigenvalue weighted by Gasteiger charge is 2.39. The quantitative estimate of drug-likeness (QED) is 0.875. The van der Waals surface area contributed by atoms with E-state index in [1.165, 1.54) is 4.90 Å². The van der Waals surface area contributed by atoms with Crippen molar-refractivity contribution in [2.24, 2.45) is 0 Å². The fraction of sp³-hybridized carbons (Fsp3) is 0.235. The van der Waals surface area contributed by atoms with Crippen molar-refractivity contribution in [2.75, 3.05) is 4.90 Å². The van der Waals surface area contributed by atoms with Crippen LogP contribution in [0.1, 0.15) is 17.5 Å². The van der Waals surface area contributed by atoms with Crippen LogP contribution in [0.4, 0.5) is 5.69 Å². The summed E-state index contributed by atoms with van der Waals surface area (Å²) in [5.41, 5.74) is 2.30. The third-order valence-electron chi connectivity index (χ3n) is 3.93. The lowest BCUT2D eigenvalue weighted by Crippen LogP contribution is -2.38. The Kier molecular flexibility index (Phi) is 4.41. The Hall–Kier alpha value is -2.24. The molecule has 1 fully saturated rings. The number of halogens is 1. The molecule has 6 heteroatoms. The van der Waals surface area contributed by atoms with Gasteiger partial charge in [0.15, 0.2) is 0 Å². The van der Waals surface area contributed by atoms with Gasteiger partial charge < -0.3 is 5.32 Å². The zero-order valence-electron chi connectivity index (χ0n) is 12.6. The predicted molar refractivity (Wildman–Crippen MR) is 88.2 cm³/mol. The van der Waals surface area contributed by atoms with Crippen LogP contribution >= 0.6 is 11.6 Å². The summed E-state index contributed by atoms with van der Waals surface area (Å²) in [5.74, 6) is -0.456. The molecule has 3 rings (SSSR count). The molecule has 1 aliphatic heterocycles. The van der Waals surface area contributed by atoms with E-state index in [1.807, 2.05) is 12.1 Å². The molecule has 0 unspecified atom stereocenters. The van der Waals surface area contributed by atoms with Gasteiger partial charge in [0, 0.05) is 24.0 Å². The summed E-state index contributed by atoms with van der Waals surface area (Å²) in [4.78, 5) is 30.1. The summed E-state index contributed by atoms with van der Waals surface area (Å²) in [6.07, 6.45) is 3.54. The number of aromatic nitrogens is 1. The van der Waals surface area contributed by atoms with E-state index in [0.717, 1.165) is 11.1 Å². The second-order valence-electron chi connectivity index (χ2n) is 5.44. The van der Waals surface area contributed by atoms with Crippen molar-refractivity contribution >= 4 is 29.1 Å². The SMILES string of the molecule is Cc1c(Cl)cccc1N1C(=O)C[C@H](NCc2ccncc2)C1=O. The molecule has 1 saturated heterocycles. The molecule has 0 aliphatic carbocycles. The van der Waals surface area contributed by atoms with Crippen LogP contribution in [0, 0.1) is 6.92 Å². The number of hydrogen-bond acceptors (Lipinski definition) is 4. The number of hydrogen-bond donors (Lipinski definition) is 1. The van der Waals surface area contributed by atoms with E-state index in [0.29, 0.717) is 17.3 Å². The van der Waals surface area contributed by atoms with Gasteiger partial charge in [0.25, 0.3) is 5.91 Å². The average molecular weight is 330 g/mol. The fourth-order valence-electron chi connectivity index (χ4n) is 2.62. The summed E-state index contributed by atoms with van der Waals surface area (Å²) in [5, 5.41) is 3.68. The maximum Gasteiger partial charge on any atom is 0.251 e. The van der Waals surface area contributed by atoms with E-state index in [1.54, 1.807) is 37.5 Å². The van der Waals surface area contributed by atoms with Crippen LogP contribution in [0.15, 0.2) is 42.7 Å². The monoisotopic (exact) mass is 329 g/mol. The van der Waals surface area contributed by atoms with Gasteiger partial charge in [-0.3, -0.25) is 14.6 Å². The zero-order chi connectivity index (χ0) is 16.4. The van der Waals surface area contributed by atoms with Gasteiger partial charge in [0.05, 0.1) is 18.2 Å². The lowest BCUT2D eigenvalue weighted by Gasteiger charge is -2.18. The number of benzene rings is 1. The molecule has 5 nitrogen and oxygen atoms in total. The second-order valence-corrected chi connectivity index (χ2v) is 5.85. The van der Waals surface area contributed by atoms with Gasteiger partial charge in [-0.05, 0) is 42.3 Å². The minimum atomic E-state index is -0.519. The Balaban J connectivity index is 1.76. The van der Waals surface area contributed by atoms with E-state index in [2.05, 4.69) is 10.3 Å². The average Bonchev–Trinajstić information content (AvgIpc) is 2.83. The molecule has 0 spiro atoms. The number of anilines is 1. The molecule has 1 N–H and O–H groups in total. The van der Waals surface area contributed by atoms with Crippen molar-refractivity contribution in [3.05, 3.63) is 58.9 Å². The van der Waals surface area contributed by atoms with Crippen molar-refractivity contribution < 1.29 is 9.59 Å². The Morgan fingerprint density at radius 3 is 2.74 bits per heavy atom. The Morgan fingerprint density at radius 2 is 2.00 bits per heavy atom. The van der Waals surface area contributed by atoms with Crippen molar-refractivity contribution in [1.82, 2.24) is 10.3 Å². The highest BCUT2D eigenvalue weighted by Crippen LogP contribution is 2.30. The number of carbonyl (C=O) groups is 2. The lowest BCUT2D eigenvalue weighted by molar-refractivity contribution is -0.121. The molecule has 23 heavy (non-hydrogen) atoms. The maximum atomic E-state index is 12.6. The Bertz CT molecular complexity index is 749. The third kappa shape index (κ3) is 3.11. The zero-order valence-corrected chi connectivity index (χ0v) is 13.4. The van der Waals surface area contributed by atoms with Crippen molar-refractivity contribution in [1.29, 1.82) is 0 Å². The molecule has 0 saturated carbocycles. The number of rotatable bonds is 4. The summed E-state index contributed by atoms with van der Waals surface area (Å²) in [6, 6.07) is 8.44. The molecule has 1 aromatic carbocycles. The van der Waals surface area contributed by atoms with Gasteiger partial charge in [-0.2, -0.15) is 0 Å². The first-order valence-corrected chi connectivity index (χ1v) is 7.70. The number of imide groups is 1. The summed E-state index contributed by atoms with van der Waals surface area (Å²) in [7, 11) is 0. The van der Waals surface area contributed by atoms with E-state index >= 15 is 0 Å². The van der Waals surface area contributed by atoms with Crippen LogP contribution in [-0.2, 0) is 16.1 Å².